The molecule has 1 amide bonds. The number of nitrogens with zero attached hydrogens (tertiary/aromatic N) is 2. The molecule has 1 aromatic heterocycles. The van der Waals surface area contributed by atoms with Gasteiger partial charge in [-0.1, -0.05) is 66.4 Å². The van der Waals surface area contributed by atoms with Gasteiger partial charge in [0, 0.05) is 5.75 Å². The first-order valence-corrected chi connectivity index (χ1v) is 10.9. The Balaban J connectivity index is 1.52. The van der Waals surface area contributed by atoms with E-state index in [0.29, 0.717) is 10.9 Å². The number of carbonyl (C=O) groups excluding carboxylic acids is 1. The molecule has 3 aromatic rings. The van der Waals surface area contributed by atoms with Gasteiger partial charge < -0.3 is 4.74 Å². The first-order chi connectivity index (χ1) is 13.5. The molecule has 0 fully saturated rings. The van der Waals surface area contributed by atoms with Gasteiger partial charge in [0.05, 0.1) is 0 Å². The number of hydrogen-bond acceptors (Lipinski definition) is 6. The summed E-state index contributed by atoms with van der Waals surface area (Å²) in [5, 5.41) is 11.5. The minimum absolute atomic E-state index is 0.244. The summed E-state index contributed by atoms with van der Waals surface area (Å²) >= 11 is 2.98. The van der Waals surface area contributed by atoms with Gasteiger partial charge in [0.1, 0.15) is 5.75 Å². The predicted octanol–water partition coefficient (Wildman–Crippen LogP) is 5.11. The SMILES string of the molecule is CCc1ccc(OC(C)C(=O)Nc2nnc(SCc3ccccc3C)s2)cc1. The van der Waals surface area contributed by atoms with Crippen molar-refractivity contribution in [2.75, 3.05) is 5.32 Å². The molecular weight excluding hydrogens is 390 g/mol. The van der Waals surface area contributed by atoms with Crippen LogP contribution in [0.2, 0.25) is 0 Å². The van der Waals surface area contributed by atoms with Crippen molar-refractivity contribution in [3.05, 3.63) is 65.2 Å². The van der Waals surface area contributed by atoms with Crippen LogP contribution in [0.15, 0.2) is 52.9 Å². The maximum Gasteiger partial charge on any atom is 0.266 e. The normalized spacial score (nSPS) is 11.8. The van der Waals surface area contributed by atoms with E-state index in [0.717, 1.165) is 16.5 Å². The Kier molecular flexibility index (Phi) is 7.06. The summed E-state index contributed by atoms with van der Waals surface area (Å²) in [5.41, 5.74) is 3.75. The molecular formula is C21H23N3O2S2. The van der Waals surface area contributed by atoms with E-state index in [1.54, 1.807) is 18.7 Å². The second kappa shape index (κ2) is 9.71. The Morgan fingerprint density at radius 1 is 1.18 bits per heavy atom. The maximum atomic E-state index is 12.4. The van der Waals surface area contributed by atoms with Crippen molar-refractivity contribution in [2.45, 2.75) is 43.4 Å². The quantitative estimate of drug-likeness (QED) is 0.411. The molecule has 0 radical (unpaired) electrons. The van der Waals surface area contributed by atoms with Gasteiger partial charge in [0.15, 0.2) is 10.4 Å². The van der Waals surface area contributed by atoms with Crippen molar-refractivity contribution >= 4 is 34.1 Å². The molecule has 2 aromatic carbocycles. The van der Waals surface area contributed by atoms with Crippen LogP contribution in [0.25, 0.3) is 0 Å². The summed E-state index contributed by atoms with van der Waals surface area (Å²) in [6.45, 7) is 5.92. The van der Waals surface area contributed by atoms with Crippen LogP contribution in [-0.4, -0.2) is 22.2 Å². The Morgan fingerprint density at radius 2 is 1.93 bits per heavy atom. The van der Waals surface area contributed by atoms with E-state index in [9.17, 15) is 4.79 Å². The van der Waals surface area contributed by atoms with Gasteiger partial charge in [-0.25, -0.2) is 0 Å². The van der Waals surface area contributed by atoms with Gasteiger partial charge in [0.25, 0.3) is 5.91 Å². The van der Waals surface area contributed by atoms with Gasteiger partial charge in [-0.2, -0.15) is 0 Å². The fourth-order valence-electron chi connectivity index (χ4n) is 2.50. The number of rotatable bonds is 8. The van der Waals surface area contributed by atoms with Crippen LogP contribution in [0.4, 0.5) is 5.13 Å². The third-order valence-corrected chi connectivity index (χ3v) is 6.28. The molecule has 0 aliphatic carbocycles. The molecule has 0 aliphatic rings. The first kappa shape index (κ1) is 20.4. The maximum absolute atomic E-state index is 12.4. The van der Waals surface area contributed by atoms with Gasteiger partial charge in [-0.05, 0) is 49.1 Å². The van der Waals surface area contributed by atoms with Crippen LogP contribution in [0.3, 0.4) is 0 Å². The summed E-state index contributed by atoms with van der Waals surface area (Å²) in [5.74, 6) is 1.25. The number of thioether (sulfide) groups is 1. The van der Waals surface area contributed by atoms with Crippen LogP contribution >= 0.6 is 23.1 Å². The molecule has 1 N–H and O–H groups in total. The predicted molar refractivity (Wildman–Crippen MR) is 115 cm³/mol. The summed E-state index contributed by atoms with van der Waals surface area (Å²) in [6, 6.07) is 16.0. The lowest BCUT2D eigenvalue weighted by atomic mass is 10.1. The van der Waals surface area contributed by atoms with Crippen LogP contribution in [0.1, 0.15) is 30.5 Å². The van der Waals surface area contributed by atoms with E-state index >= 15 is 0 Å². The zero-order chi connectivity index (χ0) is 19.9. The third kappa shape index (κ3) is 5.56. The van der Waals surface area contributed by atoms with Crippen LogP contribution in [-0.2, 0) is 17.0 Å². The van der Waals surface area contributed by atoms with E-state index in [-0.39, 0.29) is 5.91 Å². The van der Waals surface area contributed by atoms with E-state index in [4.69, 9.17) is 4.74 Å². The Hall–Kier alpha value is -2.38. The lowest BCUT2D eigenvalue weighted by molar-refractivity contribution is -0.122. The van der Waals surface area contributed by atoms with Crippen LogP contribution in [0.5, 0.6) is 5.75 Å². The number of nitrogens with one attached hydrogen (secondary N) is 1. The van der Waals surface area contributed by atoms with Gasteiger partial charge >= 0.3 is 0 Å². The van der Waals surface area contributed by atoms with E-state index in [1.165, 1.54) is 28.0 Å². The van der Waals surface area contributed by atoms with Crippen molar-refractivity contribution in [3.63, 3.8) is 0 Å². The topological polar surface area (TPSA) is 64.1 Å². The molecule has 0 saturated carbocycles. The number of amides is 1. The van der Waals surface area contributed by atoms with E-state index in [1.807, 2.05) is 36.4 Å². The monoisotopic (exact) mass is 413 g/mol. The lowest BCUT2D eigenvalue weighted by Gasteiger charge is -2.13. The summed E-state index contributed by atoms with van der Waals surface area (Å²) in [7, 11) is 0. The van der Waals surface area contributed by atoms with Gasteiger partial charge in [0.2, 0.25) is 5.13 Å². The Bertz CT molecular complexity index is 925. The van der Waals surface area contributed by atoms with Crippen LogP contribution in [0, 0.1) is 6.92 Å². The minimum atomic E-state index is -0.626. The number of anilines is 1. The summed E-state index contributed by atoms with van der Waals surface area (Å²) < 4.78 is 6.53. The molecule has 7 heteroatoms. The van der Waals surface area contributed by atoms with E-state index in [2.05, 4.69) is 41.5 Å². The molecule has 0 spiro atoms. The lowest BCUT2D eigenvalue weighted by Crippen LogP contribution is -2.30. The smallest absolute Gasteiger partial charge is 0.266 e. The first-order valence-electron chi connectivity index (χ1n) is 9.12. The molecule has 28 heavy (non-hydrogen) atoms. The third-order valence-electron chi connectivity index (χ3n) is 4.26. The zero-order valence-corrected chi connectivity index (χ0v) is 17.8. The van der Waals surface area contributed by atoms with Crippen molar-refractivity contribution in [1.82, 2.24) is 10.2 Å². The van der Waals surface area contributed by atoms with Gasteiger partial charge in [-0.3, -0.25) is 10.1 Å². The fourth-order valence-corrected chi connectivity index (χ4v) is 4.33. The summed E-state index contributed by atoms with van der Waals surface area (Å²) in [4.78, 5) is 12.4. The molecule has 3 rings (SSSR count). The minimum Gasteiger partial charge on any atom is -0.481 e. The number of carbonyl (C=O) groups is 1. The number of benzene rings is 2. The molecule has 0 saturated heterocycles. The number of hydrogen-bond donors (Lipinski definition) is 1. The number of aryl methyl sites for hydroxylation is 2. The van der Waals surface area contributed by atoms with E-state index < -0.39 is 6.10 Å². The van der Waals surface area contributed by atoms with Gasteiger partial charge in [-0.15, -0.1) is 10.2 Å². The number of ether oxygens (including phenoxy) is 1. The molecule has 146 valence electrons. The molecule has 1 atom stereocenters. The highest BCUT2D eigenvalue weighted by Gasteiger charge is 2.17. The van der Waals surface area contributed by atoms with Crippen molar-refractivity contribution < 1.29 is 9.53 Å². The molecule has 1 heterocycles. The molecule has 0 bridgehead atoms. The second-order valence-corrected chi connectivity index (χ2v) is 8.54. The largest absolute Gasteiger partial charge is 0.481 e. The molecule has 0 aliphatic heterocycles. The highest BCUT2D eigenvalue weighted by molar-refractivity contribution is 8.00. The molecule has 5 nitrogen and oxygen atoms in total. The Morgan fingerprint density at radius 3 is 2.64 bits per heavy atom. The van der Waals surface area contributed by atoms with Crippen molar-refractivity contribution in [3.8, 4) is 5.75 Å². The molecule has 1 unspecified atom stereocenters. The Labute approximate surface area is 173 Å². The highest BCUT2D eigenvalue weighted by Crippen LogP contribution is 2.29. The van der Waals surface area contributed by atoms with Crippen LogP contribution < -0.4 is 10.1 Å². The fraction of sp³-hybridized carbons (Fsp3) is 0.286. The summed E-state index contributed by atoms with van der Waals surface area (Å²) in [6.07, 6.45) is 0.344. The van der Waals surface area contributed by atoms with Crippen molar-refractivity contribution in [1.29, 1.82) is 0 Å². The standard InChI is InChI=1S/C21H23N3O2S2/c1-4-16-9-11-18(12-10-16)26-15(3)19(25)22-20-23-24-21(28-20)27-13-17-8-6-5-7-14(17)2/h5-12,15H,4,13H2,1-3H3,(H,22,23,25). The highest BCUT2D eigenvalue weighted by atomic mass is 32.2. The van der Waals surface area contributed by atoms with Crippen molar-refractivity contribution in [2.24, 2.45) is 0 Å². The zero-order valence-electron chi connectivity index (χ0n) is 16.1. The number of aromatic nitrogens is 2. The average Bonchev–Trinajstić information content (AvgIpc) is 3.15. The second-order valence-electron chi connectivity index (χ2n) is 6.34. The average molecular weight is 414 g/mol.